The van der Waals surface area contributed by atoms with E-state index in [2.05, 4.69) is 13.8 Å². The van der Waals surface area contributed by atoms with E-state index in [-0.39, 0.29) is 0 Å². The van der Waals surface area contributed by atoms with Gasteiger partial charge in [0, 0.05) is 5.88 Å². The fourth-order valence-corrected chi connectivity index (χ4v) is 1.54. The van der Waals surface area contributed by atoms with Gasteiger partial charge in [0.1, 0.15) is 0 Å². The molecule has 0 bridgehead atoms. The molecule has 1 unspecified atom stereocenters. The average Bonchev–Trinajstić information content (AvgIpc) is 2.37. The van der Waals surface area contributed by atoms with E-state index in [0.29, 0.717) is 18.4 Å². The van der Waals surface area contributed by atoms with Crippen molar-refractivity contribution in [2.75, 3.05) is 13.2 Å². The van der Waals surface area contributed by atoms with Gasteiger partial charge in [0.15, 0.2) is 11.5 Å². The van der Waals surface area contributed by atoms with Gasteiger partial charge in [0.25, 0.3) is 0 Å². The van der Waals surface area contributed by atoms with E-state index < -0.39 is 0 Å². The number of rotatable bonds is 7. The molecular formula is C14H21ClO2. The molecule has 1 rings (SSSR count). The molecule has 1 aromatic carbocycles. The highest BCUT2D eigenvalue weighted by molar-refractivity contribution is 6.17. The Hall–Kier alpha value is -0.890. The molecule has 0 aliphatic rings. The second-order valence-electron chi connectivity index (χ2n) is 4.17. The molecule has 0 amide bonds. The third-order valence-corrected chi connectivity index (χ3v) is 2.99. The Balaban J connectivity index is 2.75. The second-order valence-corrected chi connectivity index (χ2v) is 4.44. The van der Waals surface area contributed by atoms with Crippen LogP contribution in [-0.2, 0) is 5.88 Å². The maximum absolute atomic E-state index is 5.80. The summed E-state index contributed by atoms with van der Waals surface area (Å²) >= 11 is 5.80. The zero-order chi connectivity index (χ0) is 12.7. The maximum atomic E-state index is 5.80. The molecule has 1 aromatic rings. The van der Waals surface area contributed by atoms with Gasteiger partial charge in [-0.15, -0.1) is 11.6 Å². The van der Waals surface area contributed by atoms with Crippen molar-refractivity contribution in [3.8, 4) is 11.5 Å². The highest BCUT2D eigenvalue weighted by Gasteiger charge is 2.07. The smallest absolute Gasteiger partial charge is 0.161 e. The first-order valence-electron chi connectivity index (χ1n) is 6.15. The first kappa shape index (κ1) is 14.2. The second kappa shape index (κ2) is 7.44. The van der Waals surface area contributed by atoms with E-state index in [1.165, 1.54) is 0 Å². The molecule has 0 saturated carbocycles. The van der Waals surface area contributed by atoms with E-state index in [1.807, 2.05) is 25.1 Å². The van der Waals surface area contributed by atoms with E-state index in [0.717, 1.165) is 30.1 Å². The highest BCUT2D eigenvalue weighted by Crippen LogP contribution is 2.29. The van der Waals surface area contributed by atoms with Gasteiger partial charge >= 0.3 is 0 Å². The zero-order valence-electron chi connectivity index (χ0n) is 10.8. The van der Waals surface area contributed by atoms with Crippen molar-refractivity contribution in [1.29, 1.82) is 0 Å². The van der Waals surface area contributed by atoms with Crippen LogP contribution in [0.1, 0.15) is 32.8 Å². The Kier molecular flexibility index (Phi) is 6.20. The summed E-state index contributed by atoms with van der Waals surface area (Å²) in [6.07, 6.45) is 1.11. The summed E-state index contributed by atoms with van der Waals surface area (Å²) in [5, 5.41) is 0. The molecule has 0 N–H and O–H groups in total. The molecule has 0 aliphatic heterocycles. The summed E-state index contributed by atoms with van der Waals surface area (Å²) in [5.74, 6) is 2.64. The molecule has 1 atom stereocenters. The Morgan fingerprint density at radius 2 is 1.94 bits per heavy atom. The minimum absolute atomic E-state index is 0.492. The molecule has 17 heavy (non-hydrogen) atoms. The molecule has 0 fully saturated rings. The molecule has 0 aliphatic carbocycles. The maximum Gasteiger partial charge on any atom is 0.161 e. The minimum atomic E-state index is 0.492. The predicted octanol–water partition coefficient (Wildman–Crippen LogP) is 4.25. The zero-order valence-corrected chi connectivity index (χ0v) is 11.6. The van der Waals surface area contributed by atoms with Crippen molar-refractivity contribution in [2.45, 2.75) is 33.1 Å². The van der Waals surface area contributed by atoms with Gasteiger partial charge in [-0.2, -0.15) is 0 Å². The Labute approximate surface area is 109 Å². The van der Waals surface area contributed by atoms with Crippen molar-refractivity contribution in [3.63, 3.8) is 0 Å². The van der Waals surface area contributed by atoms with Gasteiger partial charge in [0.2, 0.25) is 0 Å². The molecule has 0 radical (unpaired) electrons. The summed E-state index contributed by atoms with van der Waals surface area (Å²) in [6, 6.07) is 5.86. The molecule has 96 valence electrons. The monoisotopic (exact) mass is 256 g/mol. The first-order valence-corrected chi connectivity index (χ1v) is 6.69. The lowest BCUT2D eigenvalue weighted by molar-refractivity contribution is 0.237. The lowest BCUT2D eigenvalue weighted by Gasteiger charge is -2.15. The van der Waals surface area contributed by atoms with Crippen molar-refractivity contribution in [2.24, 2.45) is 5.92 Å². The van der Waals surface area contributed by atoms with Crippen LogP contribution >= 0.6 is 11.6 Å². The van der Waals surface area contributed by atoms with Gasteiger partial charge in [-0.1, -0.05) is 26.3 Å². The summed E-state index contributed by atoms with van der Waals surface area (Å²) in [5.41, 5.74) is 1.05. The van der Waals surface area contributed by atoms with Crippen LogP contribution in [0.25, 0.3) is 0 Å². The Morgan fingerprint density at radius 1 is 1.18 bits per heavy atom. The number of benzene rings is 1. The molecular weight excluding hydrogens is 236 g/mol. The molecule has 0 spiro atoms. The van der Waals surface area contributed by atoms with Crippen molar-refractivity contribution >= 4 is 11.6 Å². The number of hydrogen-bond donors (Lipinski definition) is 0. The third kappa shape index (κ3) is 4.47. The molecule has 3 heteroatoms. The van der Waals surface area contributed by atoms with Crippen LogP contribution in [0.2, 0.25) is 0 Å². The van der Waals surface area contributed by atoms with Crippen LogP contribution in [0.3, 0.4) is 0 Å². The minimum Gasteiger partial charge on any atom is -0.490 e. The SMILES string of the molecule is CCOc1cc(CCl)ccc1OCC(C)CC. The van der Waals surface area contributed by atoms with Crippen LogP contribution < -0.4 is 9.47 Å². The van der Waals surface area contributed by atoms with Gasteiger partial charge in [-0.25, -0.2) is 0 Å². The van der Waals surface area contributed by atoms with E-state index >= 15 is 0 Å². The quantitative estimate of drug-likeness (QED) is 0.679. The van der Waals surface area contributed by atoms with Gasteiger partial charge in [0.05, 0.1) is 13.2 Å². The van der Waals surface area contributed by atoms with Crippen molar-refractivity contribution in [1.82, 2.24) is 0 Å². The van der Waals surface area contributed by atoms with Gasteiger partial charge in [-0.3, -0.25) is 0 Å². The average molecular weight is 257 g/mol. The first-order chi connectivity index (χ1) is 8.21. The largest absolute Gasteiger partial charge is 0.490 e. The Morgan fingerprint density at radius 3 is 2.53 bits per heavy atom. The third-order valence-electron chi connectivity index (χ3n) is 2.68. The lowest BCUT2D eigenvalue weighted by Crippen LogP contribution is -2.08. The van der Waals surface area contributed by atoms with Crippen LogP contribution in [0, 0.1) is 5.92 Å². The van der Waals surface area contributed by atoms with Crippen molar-refractivity contribution < 1.29 is 9.47 Å². The molecule has 0 aromatic heterocycles. The molecule has 2 nitrogen and oxygen atoms in total. The number of halogens is 1. The standard InChI is InChI=1S/C14H21ClO2/c1-4-11(3)10-17-13-7-6-12(9-15)8-14(13)16-5-2/h6-8,11H,4-5,9-10H2,1-3H3. The lowest BCUT2D eigenvalue weighted by atomic mass is 10.1. The van der Waals surface area contributed by atoms with E-state index in [4.69, 9.17) is 21.1 Å². The highest BCUT2D eigenvalue weighted by atomic mass is 35.5. The summed E-state index contributed by atoms with van der Waals surface area (Å²) < 4.78 is 11.3. The summed E-state index contributed by atoms with van der Waals surface area (Å²) in [7, 11) is 0. The molecule has 0 heterocycles. The van der Waals surface area contributed by atoms with Gasteiger partial charge < -0.3 is 9.47 Å². The number of alkyl halides is 1. The number of hydrogen-bond acceptors (Lipinski definition) is 2. The topological polar surface area (TPSA) is 18.5 Å². The Bertz CT molecular complexity index is 339. The summed E-state index contributed by atoms with van der Waals surface area (Å²) in [4.78, 5) is 0. The van der Waals surface area contributed by atoms with E-state index in [9.17, 15) is 0 Å². The van der Waals surface area contributed by atoms with Crippen LogP contribution in [0.15, 0.2) is 18.2 Å². The van der Waals surface area contributed by atoms with E-state index in [1.54, 1.807) is 0 Å². The fourth-order valence-electron chi connectivity index (χ4n) is 1.37. The van der Waals surface area contributed by atoms with Crippen LogP contribution in [0.4, 0.5) is 0 Å². The van der Waals surface area contributed by atoms with Crippen LogP contribution in [0.5, 0.6) is 11.5 Å². The van der Waals surface area contributed by atoms with Crippen molar-refractivity contribution in [3.05, 3.63) is 23.8 Å². The normalized spacial score (nSPS) is 12.2. The fraction of sp³-hybridized carbons (Fsp3) is 0.571. The van der Waals surface area contributed by atoms with Gasteiger partial charge in [-0.05, 0) is 30.5 Å². The predicted molar refractivity (Wildman–Crippen MR) is 72.1 cm³/mol. The number of ether oxygens (including phenoxy) is 2. The summed E-state index contributed by atoms with van der Waals surface area (Å²) in [6.45, 7) is 7.65. The molecule has 0 saturated heterocycles. The van der Waals surface area contributed by atoms with Crippen LogP contribution in [-0.4, -0.2) is 13.2 Å².